The number of hydrogen-bond donors (Lipinski definition) is 3. The van der Waals surface area contributed by atoms with E-state index in [4.69, 9.17) is 0 Å². The summed E-state index contributed by atoms with van der Waals surface area (Å²) in [5, 5.41) is 34.1. The Bertz CT molecular complexity index is 1480. The highest BCUT2D eigenvalue weighted by atomic mass is 16.3. The summed E-state index contributed by atoms with van der Waals surface area (Å²) in [5.74, 6) is 0.307. The van der Waals surface area contributed by atoms with Gasteiger partial charge in [0.2, 0.25) is 0 Å². The van der Waals surface area contributed by atoms with Crippen LogP contribution in [0.2, 0.25) is 0 Å². The van der Waals surface area contributed by atoms with Crippen LogP contribution < -0.4 is 0 Å². The van der Waals surface area contributed by atoms with E-state index >= 15 is 0 Å². The van der Waals surface area contributed by atoms with Gasteiger partial charge in [-0.1, -0.05) is 77.1 Å². The molecule has 0 aliphatic carbocycles. The molecule has 5 aromatic rings. The van der Waals surface area contributed by atoms with Gasteiger partial charge in [-0.15, -0.1) is 0 Å². The molecule has 34 heavy (non-hydrogen) atoms. The molecule has 174 valence electrons. The lowest BCUT2D eigenvalue weighted by Crippen LogP contribution is -2.52. The molecule has 0 spiro atoms. The first-order chi connectivity index (χ1) is 16.2. The number of para-hydroxylation sites is 3. The van der Waals surface area contributed by atoms with Crippen molar-refractivity contribution in [2.45, 2.75) is 51.9 Å². The number of nitrogens with zero attached hydrogens (tertiary/aromatic N) is 4. The van der Waals surface area contributed by atoms with Gasteiger partial charge in [-0.25, -0.2) is 0 Å². The highest BCUT2D eigenvalue weighted by Crippen LogP contribution is 2.57. The molecule has 5 rings (SSSR count). The van der Waals surface area contributed by atoms with E-state index in [-0.39, 0.29) is 5.41 Å². The van der Waals surface area contributed by atoms with E-state index < -0.39 is 10.8 Å². The Morgan fingerprint density at radius 2 is 1.26 bits per heavy atom. The van der Waals surface area contributed by atoms with Crippen LogP contribution in [0.4, 0.5) is 0 Å². The summed E-state index contributed by atoms with van der Waals surface area (Å²) in [6.45, 7) is 11.3. The normalized spacial score (nSPS) is 14.5. The highest BCUT2D eigenvalue weighted by molar-refractivity contribution is 5.80. The maximum absolute atomic E-state index is 10.8. The van der Waals surface area contributed by atoms with Crippen molar-refractivity contribution in [3.63, 3.8) is 0 Å². The molecule has 0 aliphatic heterocycles. The number of nitrogens with one attached hydrogen (secondary N) is 2. The molecule has 1 atom stereocenters. The van der Waals surface area contributed by atoms with E-state index in [1.54, 1.807) is 6.07 Å². The molecule has 0 saturated carbocycles. The topological polar surface area (TPSA) is 103 Å². The lowest BCUT2D eigenvalue weighted by molar-refractivity contribution is 0.0776. The zero-order valence-electron chi connectivity index (χ0n) is 20.2. The van der Waals surface area contributed by atoms with Gasteiger partial charge in [0.25, 0.3) is 0 Å². The van der Waals surface area contributed by atoms with Gasteiger partial charge < -0.3 is 5.11 Å². The number of aromatic amines is 2. The molecule has 0 aliphatic rings. The van der Waals surface area contributed by atoms with Crippen molar-refractivity contribution in [3.05, 3.63) is 77.4 Å². The first kappa shape index (κ1) is 22.1. The average Bonchev–Trinajstić information content (AvgIpc) is 3.48. The number of phenolic OH excluding ortho intramolecular Hbond substituents is 1. The molecule has 7 heteroatoms. The number of H-pyrrole nitrogens is 2. The van der Waals surface area contributed by atoms with E-state index in [1.807, 2.05) is 42.5 Å². The van der Waals surface area contributed by atoms with Crippen LogP contribution in [0.5, 0.6) is 5.75 Å². The van der Waals surface area contributed by atoms with Gasteiger partial charge in [-0.05, 0) is 46.6 Å². The Balaban J connectivity index is 1.77. The van der Waals surface area contributed by atoms with E-state index in [0.717, 1.165) is 38.8 Å². The molecule has 3 N–H and O–H groups in total. The summed E-state index contributed by atoms with van der Waals surface area (Å²) >= 11 is 0. The highest BCUT2D eigenvalue weighted by Gasteiger charge is 2.53. The zero-order chi connectivity index (χ0) is 24.1. The van der Waals surface area contributed by atoms with Crippen LogP contribution in [0, 0.1) is 5.41 Å². The van der Waals surface area contributed by atoms with Crippen LogP contribution in [0.3, 0.4) is 0 Å². The number of aromatic nitrogens is 6. The third kappa shape index (κ3) is 3.10. The number of rotatable bonds is 6. The smallest absolute Gasteiger partial charge is 0.119 e. The largest absolute Gasteiger partial charge is 0.508 e. The van der Waals surface area contributed by atoms with Crippen molar-refractivity contribution in [1.29, 1.82) is 0 Å². The molecule has 0 amide bonds. The average molecular weight is 455 g/mol. The fraction of sp³-hybridized carbons (Fsp3) is 0.333. The summed E-state index contributed by atoms with van der Waals surface area (Å²) in [6.07, 6.45) is 0.701. The predicted molar refractivity (Wildman–Crippen MR) is 134 cm³/mol. The van der Waals surface area contributed by atoms with Crippen LogP contribution >= 0.6 is 0 Å². The fourth-order valence-electron chi connectivity index (χ4n) is 5.44. The molecule has 2 aromatic heterocycles. The SMILES string of the molecule is CC(C)(c1ccccc1O)C(C)(C)C(C)(Cc1cccc2n[nH]nc12)c1cccc2n[nH]nc12. The minimum absolute atomic E-state index is 0.307. The van der Waals surface area contributed by atoms with Gasteiger partial charge in [0.05, 0.1) is 0 Å². The molecule has 0 bridgehead atoms. The van der Waals surface area contributed by atoms with Gasteiger partial charge in [0.15, 0.2) is 0 Å². The minimum atomic E-state index is -0.428. The van der Waals surface area contributed by atoms with Crippen molar-refractivity contribution < 1.29 is 5.11 Å². The Hall–Kier alpha value is -3.74. The standard InChI is InChI=1S/C27H30N6O/c1-25(2,18-11-6-7-15-22(18)34)26(3,4)27(5,19-12-9-14-21-24(19)31-33-29-21)16-17-10-8-13-20-23(17)30-32-28-20/h6-15,34H,16H2,1-5H3,(H,28,30,32)(H,29,31,33). The molecule has 2 heterocycles. The zero-order valence-corrected chi connectivity index (χ0v) is 20.2. The summed E-state index contributed by atoms with van der Waals surface area (Å²) in [6, 6.07) is 19.9. The quantitative estimate of drug-likeness (QED) is 0.317. The third-order valence-electron chi connectivity index (χ3n) is 8.44. The Morgan fingerprint density at radius 3 is 1.97 bits per heavy atom. The minimum Gasteiger partial charge on any atom is -0.508 e. The maximum atomic E-state index is 10.8. The molecule has 0 fully saturated rings. The molecular formula is C27H30N6O. The molecule has 1 unspecified atom stereocenters. The molecular weight excluding hydrogens is 424 g/mol. The lowest BCUT2D eigenvalue weighted by Gasteiger charge is -2.54. The number of phenols is 1. The van der Waals surface area contributed by atoms with Crippen molar-refractivity contribution in [2.24, 2.45) is 5.41 Å². The molecule has 0 saturated heterocycles. The van der Waals surface area contributed by atoms with Crippen molar-refractivity contribution in [2.75, 3.05) is 0 Å². The van der Waals surface area contributed by atoms with Crippen LogP contribution in [-0.4, -0.2) is 35.9 Å². The van der Waals surface area contributed by atoms with Gasteiger partial charge in [-0.2, -0.15) is 30.8 Å². The van der Waals surface area contributed by atoms with Gasteiger partial charge >= 0.3 is 0 Å². The van der Waals surface area contributed by atoms with Crippen LogP contribution in [0.15, 0.2) is 60.7 Å². The lowest BCUT2D eigenvalue weighted by atomic mass is 9.49. The Kier molecular flexibility index (Phi) is 4.97. The van der Waals surface area contributed by atoms with Crippen molar-refractivity contribution in [3.8, 4) is 5.75 Å². The summed E-state index contributed by atoms with van der Waals surface area (Å²) in [5.41, 5.74) is 5.34. The van der Waals surface area contributed by atoms with E-state index in [0.29, 0.717) is 12.2 Å². The molecule has 0 radical (unpaired) electrons. The number of fused-ring (bicyclic) bond motifs is 2. The van der Waals surface area contributed by atoms with Crippen LogP contribution in [0.1, 0.15) is 51.3 Å². The Morgan fingerprint density at radius 1 is 0.676 bits per heavy atom. The van der Waals surface area contributed by atoms with Crippen molar-refractivity contribution in [1.82, 2.24) is 30.8 Å². The van der Waals surface area contributed by atoms with Gasteiger partial charge in [0, 0.05) is 11.0 Å². The second kappa shape index (κ2) is 7.65. The Labute approximate surface area is 198 Å². The van der Waals surface area contributed by atoms with Crippen molar-refractivity contribution >= 4 is 22.1 Å². The van der Waals surface area contributed by atoms with E-state index in [9.17, 15) is 5.11 Å². The molecule has 3 aromatic carbocycles. The van der Waals surface area contributed by atoms with Crippen LogP contribution in [0.25, 0.3) is 22.1 Å². The fourth-order valence-corrected chi connectivity index (χ4v) is 5.44. The monoisotopic (exact) mass is 454 g/mol. The number of hydrogen-bond acceptors (Lipinski definition) is 5. The summed E-state index contributed by atoms with van der Waals surface area (Å²) in [7, 11) is 0. The first-order valence-electron chi connectivity index (χ1n) is 11.5. The number of benzene rings is 3. The summed E-state index contributed by atoms with van der Waals surface area (Å²) < 4.78 is 0. The third-order valence-corrected chi connectivity index (χ3v) is 8.44. The number of aromatic hydroxyl groups is 1. The summed E-state index contributed by atoms with van der Waals surface area (Å²) in [4.78, 5) is 0. The van der Waals surface area contributed by atoms with Crippen LogP contribution in [-0.2, 0) is 17.3 Å². The second-order valence-corrected chi connectivity index (χ2v) is 10.4. The van der Waals surface area contributed by atoms with Gasteiger partial charge in [-0.3, -0.25) is 0 Å². The first-order valence-corrected chi connectivity index (χ1v) is 11.5. The second-order valence-electron chi connectivity index (χ2n) is 10.4. The molecule has 7 nitrogen and oxygen atoms in total. The maximum Gasteiger partial charge on any atom is 0.119 e. The van der Waals surface area contributed by atoms with E-state index in [1.165, 1.54) is 0 Å². The van der Waals surface area contributed by atoms with E-state index in [2.05, 4.69) is 77.6 Å². The predicted octanol–water partition coefficient (Wildman–Crippen LogP) is 5.44. The van der Waals surface area contributed by atoms with Gasteiger partial charge in [0.1, 0.15) is 27.8 Å².